The zero-order valence-electron chi connectivity index (χ0n) is 17.3. The van der Waals surface area contributed by atoms with Gasteiger partial charge in [0.05, 0.1) is 12.3 Å². The number of hydrogen-bond acceptors (Lipinski definition) is 10. The van der Waals surface area contributed by atoms with Crippen LogP contribution in [0.1, 0.15) is 29.9 Å². The van der Waals surface area contributed by atoms with Gasteiger partial charge in [0.1, 0.15) is 11.4 Å². The Morgan fingerprint density at radius 2 is 2.06 bits per heavy atom. The average molecular weight is 433 g/mol. The first-order valence-electron chi connectivity index (χ1n) is 9.60. The number of rotatable bonds is 7. The number of pyridine rings is 1. The highest BCUT2D eigenvalue weighted by Crippen LogP contribution is 2.28. The van der Waals surface area contributed by atoms with Gasteiger partial charge in [-0.1, -0.05) is 11.3 Å². The van der Waals surface area contributed by atoms with E-state index in [4.69, 9.17) is 10.5 Å². The normalized spacial score (nSPS) is 11.4. The molecule has 0 atom stereocenters. The van der Waals surface area contributed by atoms with Gasteiger partial charge in [-0.15, -0.1) is 5.10 Å². The first-order valence-corrected chi connectivity index (χ1v) is 9.60. The fourth-order valence-corrected chi connectivity index (χ4v) is 2.88. The van der Waals surface area contributed by atoms with Crippen molar-refractivity contribution in [1.82, 2.24) is 35.7 Å². The van der Waals surface area contributed by atoms with Crippen LogP contribution in [0.15, 0.2) is 58.5 Å². The maximum Gasteiger partial charge on any atom is 0.294 e. The Hall–Kier alpha value is -4.61. The number of carbonyl (C=O) groups excluding carboxylic acids is 1. The number of anilines is 1. The molecule has 3 aromatic heterocycles. The minimum atomic E-state index is -0.571. The number of nitrogens with two attached hydrogens (primary N) is 1. The highest BCUT2D eigenvalue weighted by molar-refractivity contribution is 6.02. The number of carbonyl (C=O) groups is 1. The number of hydrogen-bond donors (Lipinski definition) is 2. The molecule has 1 amide bonds. The third-order valence-corrected chi connectivity index (χ3v) is 4.42. The summed E-state index contributed by atoms with van der Waals surface area (Å²) >= 11 is 0. The van der Waals surface area contributed by atoms with Gasteiger partial charge in [0.15, 0.2) is 5.69 Å². The molecule has 12 nitrogen and oxygen atoms in total. The molecule has 0 aliphatic heterocycles. The van der Waals surface area contributed by atoms with Crippen LogP contribution >= 0.6 is 0 Å². The zero-order chi connectivity index (χ0) is 22.5. The number of nitrogens with zero attached hydrogens (tertiary/aromatic N) is 7. The van der Waals surface area contributed by atoms with Crippen molar-refractivity contribution in [3.63, 3.8) is 0 Å². The van der Waals surface area contributed by atoms with E-state index >= 15 is 0 Å². The molecule has 0 saturated carbocycles. The first-order chi connectivity index (χ1) is 15.6. The predicted molar refractivity (Wildman–Crippen MR) is 114 cm³/mol. The maximum absolute atomic E-state index is 12.9. The second-order valence-corrected chi connectivity index (χ2v) is 6.51. The lowest BCUT2D eigenvalue weighted by Gasteiger charge is -2.08. The van der Waals surface area contributed by atoms with Crippen LogP contribution in [-0.2, 0) is 0 Å². The summed E-state index contributed by atoms with van der Waals surface area (Å²) in [6.45, 7) is 4.18. The number of nitrogen functional groups attached to an aromatic ring is 1. The molecule has 4 rings (SSSR count). The van der Waals surface area contributed by atoms with Crippen molar-refractivity contribution in [3.8, 4) is 22.8 Å². The molecular formula is C20H19N9O3. The monoisotopic (exact) mass is 433 g/mol. The molecule has 0 unspecified atom stereocenters. The summed E-state index contributed by atoms with van der Waals surface area (Å²) in [7, 11) is 0. The molecule has 1 aromatic carbocycles. The quantitative estimate of drug-likeness (QED) is 0.327. The van der Waals surface area contributed by atoms with Gasteiger partial charge < -0.3 is 10.5 Å². The van der Waals surface area contributed by atoms with E-state index in [-0.39, 0.29) is 17.3 Å². The molecule has 12 heteroatoms. The van der Waals surface area contributed by atoms with Crippen LogP contribution in [0.3, 0.4) is 0 Å². The van der Waals surface area contributed by atoms with Crippen LogP contribution < -0.4 is 15.9 Å². The molecule has 0 aliphatic rings. The number of nitrogens with one attached hydrogen (secondary N) is 1. The predicted octanol–water partition coefficient (Wildman–Crippen LogP) is 1.85. The molecule has 0 bridgehead atoms. The Morgan fingerprint density at radius 1 is 1.25 bits per heavy atom. The molecule has 0 aliphatic carbocycles. The summed E-state index contributed by atoms with van der Waals surface area (Å²) in [4.78, 5) is 17.0. The van der Waals surface area contributed by atoms with E-state index in [9.17, 15) is 4.79 Å². The summed E-state index contributed by atoms with van der Waals surface area (Å²) < 4.78 is 11.5. The lowest BCUT2D eigenvalue weighted by atomic mass is 10.1. The van der Waals surface area contributed by atoms with Gasteiger partial charge >= 0.3 is 0 Å². The molecule has 4 aromatic rings. The molecule has 0 spiro atoms. The zero-order valence-corrected chi connectivity index (χ0v) is 17.3. The van der Waals surface area contributed by atoms with Crippen molar-refractivity contribution in [2.45, 2.75) is 13.8 Å². The van der Waals surface area contributed by atoms with Gasteiger partial charge in [-0.05, 0) is 54.5 Å². The second-order valence-electron chi connectivity index (χ2n) is 6.51. The maximum atomic E-state index is 12.9. The fourth-order valence-electron chi connectivity index (χ4n) is 2.88. The molecular weight excluding hydrogens is 414 g/mol. The van der Waals surface area contributed by atoms with E-state index in [1.165, 1.54) is 4.68 Å². The number of aromatic nitrogens is 6. The molecule has 0 saturated heterocycles. The van der Waals surface area contributed by atoms with E-state index in [2.05, 4.69) is 40.8 Å². The lowest BCUT2D eigenvalue weighted by molar-refractivity contribution is 0.0950. The van der Waals surface area contributed by atoms with Crippen molar-refractivity contribution < 1.29 is 14.2 Å². The highest BCUT2D eigenvalue weighted by atomic mass is 16.6. The molecule has 162 valence electrons. The van der Waals surface area contributed by atoms with Crippen molar-refractivity contribution in [2.75, 3.05) is 12.3 Å². The largest absolute Gasteiger partial charge is 0.494 e. The van der Waals surface area contributed by atoms with Crippen LogP contribution in [0.5, 0.6) is 5.75 Å². The number of benzene rings is 1. The van der Waals surface area contributed by atoms with E-state index in [0.29, 0.717) is 29.3 Å². The molecule has 3 N–H and O–H groups in total. The van der Waals surface area contributed by atoms with Crippen LogP contribution in [0.4, 0.5) is 5.82 Å². The lowest BCUT2D eigenvalue weighted by Crippen LogP contribution is -2.21. The van der Waals surface area contributed by atoms with E-state index in [1.54, 1.807) is 49.6 Å². The number of hydrazone groups is 1. The van der Waals surface area contributed by atoms with E-state index in [1.807, 2.05) is 13.0 Å². The average Bonchev–Trinajstić information content (AvgIpc) is 3.44. The SMILES string of the molecule is CCOc1ccc(-c2c(C(=O)N/N=C(/C)c3cccnc3)nnn2-c2nonc2N)cc1. The summed E-state index contributed by atoms with van der Waals surface area (Å²) in [5, 5.41) is 19.5. The third-order valence-electron chi connectivity index (χ3n) is 4.42. The molecule has 0 radical (unpaired) electrons. The smallest absolute Gasteiger partial charge is 0.294 e. The van der Waals surface area contributed by atoms with Crippen molar-refractivity contribution in [2.24, 2.45) is 5.10 Å². The Balaban J connectivity index is 1.71. The van der Waals surface area contributed by atoms with Gasteiger partial charge in [0.25, 0.3) is 5.91 Å². The van der Waals surface area contributed by atoms with Crippen LogP contribution in [0.2, 0.25) is 0 Å². The topological polar surface area (TPSA) is 159 Å². The second kappa shape index (κ2) is 9.04. The Labute approximate surface area is 182 Å². The van der Waals surface area contributed by atoms with E-state index in [0.717, 1.165) is 5.56 Å². The molecule has 32 heavy (non-hydrogen) atoms. The van der Waals surface area contributed by atoms with Gasteiger partial charge in [-0.25, -0.2) is 10.1 Å². The van der Waals surface area contributed by atoms with Crippen molar-refractivity contribution in [1.29, 1.82) is 0 Å². The molecule has 3 heterocycles. The van der Waals surface area contributed by atoms with Gasteiger partial charge in [-0.2, -0.15) is 9.78 Å². The van der Waals surface area contributed by atoms with Crippen molar-refractivity contribution in [3.05, 3.63) is 60.0 Å². The third kappa shape index (κ3) is 4.14. The summed E-state index contributed by atoms with van der Waals surface area (Å²) in [5.74, 6) is 0.217. The van der Waals surface area contributed by atoms with Gasteiger partial charge in [0.2, 0.25) is 11.6 Å². The standard InChI is InChI=1S/C20H19N9O3/c1-3-31-15-8-6-13(7-9-15)17-16(24-28-29(17)19-18(21)26-32-27-19)20(30)25-23-12(2)14-5-4-10-22-11-14/h4-11H,3H2,1-2H3,(H2,21,26)(H,25,30)/b23-12-. The van der Waals surface area contributed by atoms with Gasteiger partial charge in [-0.3, -0.25) is 9.78 Å². The minimum Gasteiger partial charge on any atom is -0.494 e. The van der Waals surface area contributed by atoms with Crippen LogP contribution in [-0.4, -0.2) is 48.5 Å². The van der Waals surface area contributed by atoms with Crippen LogP contribution in [0, 0.1) is 0 Å². The number of amides is 1. The summed E-state index contributed by atoms with van der Waals surface area (Å²) in [5.41, 5.74) is 10.6. The fraction of sp³-hybridized carbons (Fsp3) is 0.150. The Kier molecular flexibility index (Phi) is 5.83. The first kappa shape index (κ1) is 20.7. The Morgan fingerprint density at radius 3 is 2.72 bits per heavy atom. The van der Waals surface area contributed by atoms with Crippen LogP contribution in [0.25, 0.3) is 17.1 Å². The summed E-state index contributed by atoms with van der Waals surface area (Å²) in [6.07, 6.45) is 3.30. The van der Waals surface area contributed by atoms with E-state index < -0.39 is 5.91 Å². The number of ether oxygens (including phenoxy) is 1. The highest BCUT2D eigenvalue weighted by Gasteiger charge is 2.25. The molecule has 0 fully saturated rings. The summed E-state index contributed by atoms with van der Waals surface area (Å²) in [6, 6.07) is 10.7. The van der Waals surface area contributed by atoms with Gasteiger partial charge in [0, 0.05) is 23.5 Å². The minimum absolute atomic E-state index is 0.000475. The Bertz CT molecular complexity index is 1250. The van der Waals surface area contributed by atoms with Crippen molar-refractivity contribution >= 4 is 17.4 Å².